The van der Waals surface area contributed by atoms with Gasteiger partial charge in [-0.1, -0.05) is 18.2 Å². The summed E-state index contributed by atoms with van der Waals surface area (Å²) in [4.78, 5) is 26.1. The Hall–Kier alpha value is -2.29. The van der Waals surface area contributed by atoms with Gasteiger partial charge in [-0.15, -0.1) is 5.11 Å². The minimum Gasteiger partial charge on any atom is -0.507 e. The molecule has 9 heteroatoms. The van der Waals surface area contributed by atoms with Crippen LogP contribution in [0.25, 0.3) is 0 Å². The molecule has 0 amide bonds. The maximum absolute atomic E-state index is 11.6. The van der Waals surface area contributed by atoms with Crippen molar-refractivity contribution in [2.24, 2.45) is 10.4 Å². The summed E-state index contributed by atoms with van der Waals surface area (Å²) in [6, 6.07) is 11.2. The zero-order chi connectivity index (χ0) is 15.2. The van der Waals surface area contributed by atoms with Crippen LogP contribution in [0.4, 0.5) is 11.4 Å². The van der Waals surface area contributed by atoms with Crippen molar-refractivity contribution in [3.63, 3.8) is 0 Å². The fourth-order valence-electron chi connectivity index (χ4n) is 1.47. The van der Waals surface area contributed by atoms with Crippen LogP contribution in [0.3, 0.4) is 0 Å². The molecule has 0 heterocycles. The number of phenolic OH excluding ortho intramolecular Hbond substituents is 1. The molecule has 1 radical (unpaired) electrons. The number of nitro groups is 1. The Morgan fingerprint density at radius 1 is 1.18 bits per heavy atom. The third-order valence-electron chi connectivity index (χ3n) is 2.44. The molecule has 0 aliphatic heterocycles. The first kappa shape index (κ1) is 17.8. The second kappa shape index (κ2) is 8.23. The van der Waals surface area contributed by atoms with E-state index in [0.29, 0.717) is 0 Å². The fraction of sp³-hybridized carbons (Fsp3) is 0. The molecule has 2 aromatic rings. The number of carbonyl (C=O) groups is 1. The average Bonchev–Trinajstić information content (AvgIpc) is 2.48. The van der Waals surface area contributed by atoms with E-state index < -0.39 is 10.9 Å². The summed E-state index contributed by atoms with van der Waals surface area (Å²) in [5, 5.41) is 26.8. The topological polar surface area (TPSA) is 114 Å². The van der Waals surface area contributed by atoms with Crippen molar-refractivity contribution in [3.05, 3.63) is 64.2 Å². The molecule has 107 valence electrons. The van der Waals surface area contributed by atoms with Crippen molar-refractivity contribution < 1.29 is 19.7 Å². The Kier molecular flexibility index (Phi) is 6.64. The van der Waals surface area contributed by atoms with Gasteiger partial charge in [-0.2, -0.15) is 0 Å². The molecule has 0 fully saturated rings. The van der Waals surface area contributed by atoms with Crippen molar-refractivity contribution >= 4 is 46.9 Å². The van der Waals surface area contributed by atoms with E-state index in [4.69, 9.17) is 0 Å². The number of para-hydroxylation sites is 1. The summed E-state index contributed by atoms with van der Waals surface area (Å²) >= 11 is 0. The number of carbonyl (C=O) groups excluding carboxylic acids is 1. The van der Waals surface area contributed by atoms with Crippen molar-refractivity contribution in [2.45, 2.75) is 0 Å². The molecular weight excluding hydrogens is 301 g/mol. The van der Waals surface area contributed by atoms with Crippen LogP contribution in [0.15, 0.2) is 58.9 Å². The predicted molar refractivity (Wildman–Crippen MR) is 76.9 cm³/mol. The Morgan fingerprint density at radius 3 is 2.59 bits per heavy atom. The van der Waals surface area contributed by atoms with Gasteiger partial charge in [0, 0.05) is 47.0 Å². The van der Waals surface area contributed by atoms with Gasteiger partial charge < -0.3 is 5.11 Å². The Morgan fingerprint density at radius 2 is 1.91 bits per heavy atom. The standard InChI is InChI=1S/C13H9N3O5.Na/c17-12-7-2-1-6-11(12)13(18)21-15-14-9-4-3-5-10(8-9)16(19)20;/h1-8,17H;. The third kappa shape index (κ3) is 4.62. The summed E-state index contributed by atoms with van der Waals surface area (Å²) in [5.74, 6) is -1.13. The van der Waals surface area contributed by atoms with Crippen molar-refractivity contribution in [1.82, 2.24) is 0 Å². The quantitative estimate of drug-likeness (QED) is 0.403. The van der Waals surface area contributed by atoms with E-state index in [0.717, 1.165) is 0 Å². The largest absolute Gasteiger partial charge is 0.507 e. The van der Waals surface area contributed by atoms with Crippen LogP contribution in [0.5, 0.6) is 5.75 Å². The number of hydrogen-bond donors (Lipinski definition) is 1. The maximum Gasteiger partial charge on any atom is 0.371 e. The molecular formula is C13H9N3NaO5. The van der Waals surface area contributed by atoms with Crippen LogP contribution in [-0.2, 0) is 4.84 Å². The molecule has 0 unspecified atom stereocenters. The van der Waals surface area contributed by atoms with Gasteiger partial charge in [0.15, 0.2) is 0 Å². The first-order chi connectivity index (χ1) is 10.1. The molecule has 0 saturated carbocycles. The summed E-state index contributed by atoms with van der Waals surface area (Å²) in [5.41, 5.74) is -0.0525. The van der Waals surface area contributed by atoms with E-state index >= 15 is 0 Å². The molecule has 2 aromatic carbocycles. The molecule has 2 rings (SSSR count). The number of nitro benzene ring substituents is 1. The number of non-ortho nitro benzene ring substituents is 1. The Balaban J connectivity index is 0.00000242. The molecule has 0 aliphatic carbocycles. The van der Waals surface area contributed by atoms with Gasteiger partial charge in [-0.3, -0.25) is 15.0 Å². The van der Waals surface area contributed by atoms with Crippen LogP contribution >= 0.6 is 0 Å². The van der Waals surface area contributed by atoms with Gasteiger partial charge in [-0.25, -0.2) is 4.79 Å². The van der Waals surface area contributed by atoms with E-state index in [1.54, 1.807) is 12.1 Å². The van der Waals surface area contributed by atoms with Crippen LogP contribution in [0.1, 0.15) is 10.4 Å². The predicted octanol–water partition coefficient (Wildman–Crippen LogP) is 2.78. The van der Waals surface area contributed by atoms with E-state index in [9.17, 15) is 20.0 Å². The molecule has 0 spiro atoms. The van der Waals surface area contributed by atoms with Crippen LogP contribution in [-0.4, -0.2) is 45.6 Å². The second-order valence-corrected chi connectivity index (χ2v) is 3.85. The second-order valence-electron chi connectivity index (χ2n) is 3.85. The van der Waals surface area contributed by atoms with E-state index in [1.807, 2.05) is 0 Å². The minimum absolute atomic E-state index is 0. The van der Waals surface area contributed by atoms with Gasteiger partial charge in [0.1, 0.15) is 11.3 Å². The van der Waals surface area contributed by atoms with Gasteiger partial charge >= 0.3 is 5.97 Å². The van der Waals surface area contributed by atoms with Crippen LogP contribution in [0, 0.1) is 10.1 Å². The SMILES string of the molecule is O=C(ON=Nc1cccc([N+](=O)[O-])c1)c1ccccc1O.[Na]. The van der Waals surface area contributed by atoms with E-state index in [2.05, 4.69) is 15.2 Å². The zero-order valence-electron chi connectivity index (χ0n) is 11.5. The zero-order valence-corrected chi connectivity index (χ0v) is 13.5. The van der Waals surface area contributed by atoms with Gasteiger partial charge in [0.2, 0.25) is 0 Å². The Labute approximate surface area is 146 Å². The van der Waals surface area contributed by atoms with Gasteiger partial charge in [0.05, 0.1) is 10.6 Å². The number of nitrogens with zero attached hydrogens (tertiary/aromatic N) is 3. The molecule has 1 N–H and O–H groups in total. The van der Waals surface area contributed by atoms with E-state index in [-0.39, 0.29) is 52.2 Å². The number of rotatable bonds is 4. The third-order valence-corrected chi connectivity index (χ3v) is 2.44. The molecule has 0 aromatic heterocycles. The normalized spacial score (nSPS) is 10.0. The van der Waals surface area contributed by atoms with Crippen LogP contribution < -0.4 is 0 Å². The molecule has 0 aliphatic rings. The van der Waals surface area contributed by atoms with Crippen molar-refractivity contribution in [3.8, 4) is 5.75 Å². The summed E-state index contributed by atoms with van der Waals surface area (Å²) in [6.45, 7) is 0. The fourth-order valence-corrected chi connectivity index (χ4v) is 1.47. The van der Waals surface area contributed by atoms with Crippen molar-refractivity contribution in [1.29, 1.82) is 0 Å². The summed E-state index contributed by atoms with van der Waals surface area (Å²) in [7, 11) is 0. The summed E-state index contributed by atoms with van der Waals surface area (Å²) in [6.07, 6.45) is 0. The van der Waals surface area contributed by atoms with Crippen LogP contribution in [0.2, 0.25) is 0 Å². The number of benzene rings is 2. The van der Waals surface area contributed by atoms with Gasteiger partial charge in [-0.05, 0) is 18.2 Å². The molecule has 0 saturated heterocycles. The number of phenols is 1. The van der Waals surface area contributed by atoms with Gasteiger partial charge in [0.25, 0.3) is 5.69 Å². The Bertz CT molecular complexity index is 720. The molecule has 0 bridgehead atoms. The number of hydrogen-bond acceptors (Lipinski definition) is 7. The summed E-state index contributed by atoms with van der Waals surface area (Å²) < 4.78 is 0. The van der Waals surface area contributed by atoms with Crippen molar-refractivity contribution in [2.75, 3.05) is 0 Å². The average molecular weight is 310 g/mol. The molecule has 0 atom stereocenters. The first-order valence-corrected chi connectivity index (χ1v) is 5.73. The monoisotopic (exact) mass is 310 g/mol. The molecule has 8 nitrogen and oxygen atoms in total. The molecule has 22 heavy (non-hydrogen) atoms. The minimum atomic E-state index is -0.887. The maximum atomic E-state index is 11.6. The smallest absolute Gasteiger partial charge is 0.371 e. The number of aromatic hydroxyl groups is 1. The first-order valence-electron chi connectivity index (χ1n) is 5.73. The van der Waals surface area contributed by atoms with E-state index in [1.165, 1.54) is 36.4 Å².